The molecule has 0 aliphatic carbocycles. The molecule has 0 atom stereocenters. The summed E-state index contributed by atoms with van der Waals surface area (Å²) in [7, 11) is 0. The number of carbonyl (C=O) groups excluding carboxylic acids is 1. The molecule has 3 N–H and O–H groups in total. The third-order valence-electron chi connectivity index (χ3n) is 4.04. The van der Waals surface area contributed by atoms with E-state index in [4.69, 9.17) is 15.2 Å². The van der Waals surface area contributed by atoms with Gasteiger partial charge in [0.15, 0.2) is 5.96 Å². The van der Waals surface area contributed by atoms with E-state index in [0.29, 0.717) is 51.0 Å². The summed E-state index contributed by atoms with van der Waals surface area (Å²) in [5.41, 5.74) is 5.91. The fourth-order valence-corrected chi connectivity index (χ4v) is 2.66. The van der Waals surface area contributed by atoms with E-state index in [9.17, 15) is 9.18 Å². The molecule has 0 saturated carbocycles. The summed E-state index contributed by atoms with van der Waals surface area (Å²) in [6.45, 7) is 4.52. The maximum absolute atomic E-state index is 12.8. The third kappa shape index (κ3) is 6.78. The van der Waals surface area contributed by atoms with Crippen molar-refractivity contribution in [3.8, 4) is 5.75 Å². The van der Waals surface area contributed by atoms with Gasteiger partial charge in [0, 0.05) is 32.1 Å². The number of hydrogen-bond donors (Lipinski definition) is 2. The van der Waals surface area contributed by atoms with Crippen LogP contribution in [0.5, 0.6) is 5.75 Å². The third-order valence-corrected chi connectivity index (χ3v) is 4.04. The molecule has 0 bridgehead atoms. The van der Waals surface area contributed by atoms with Gasteiger partial charge in [-0.2, -0.15) is 0 Å². The number of aliphatic imine (C=N–C) groups is 1. The highest BCUT2D eigenvalue weighted by Gasteiger charge is 2.23. The summed E-state index contributed by atoms with van der Waals surface area (Å²) >= 11 is 0. The lowest BCUT2D eigenvalue weighted by Crippen LogP contribution is -2.48. The number of nitrogens with two attached hydrogens (primary N) is 1. The maximum Gasteiger partial charge on any atom is 0.409 e. The molecule has 0 radical (unpaired) electrons. The first-order chi connectivity index (χ1) is 12.6. The van der Waals surface area contributed by atoms with Gasteiger partial charge in [0.05, 0.1) is 13.2 Å². The molecule has 1 aromatic rings. The van der Waals surface area contributed by atoms with Crippen molar-refractivity contribution in [3.05, 3.63) is 30.1 Å². The van der Waals surface area contributed by atoms with Gasteiger partial charge in [-0.15, -0.1) is 0 Å². The highest BCUT2D eigenvalue weighted by Crippen LogP contribution is 2.12. The molecular formula is C18H27FN4O3. The standard InChI is InChI=1S/C18H27FN4O3/c1-2-25-18(24)23-11-8-15(9-12-23)22-17(20)21-10-3-13-26-16-6-4-14(19)5-7-16/h4-7,15H,2-3,8-13H2,1H3,(H3,20,21,22). The first kappa shape index (κ1) is 19.8. The molecule has 1 fully saturated rings. The number of halogens is 1. The van der Waals surface area contributed by atoms with Gasteiger partial charge >= 0.3 is 6.09 Å². The second-order valence-electron chi connectivity index (χ2n) is 6.03. The van der Waals surface area contributed by atoms with Crippen molar-refractivity contribution in [2.75, 3.05) is 32.8 Å². The zero-order valence-electron chi connectivity index (χ0n) is 15.1. The Morgan fingerprint density at radius 2 is 2.04 bits per heavy atom. The average molecular weight is 366 g/mol. The van der Waals surface area contributed by atoms with E-state index < -0.39 is 0 Å². The van der Waals surface area contributed by atoms with Crippen LogP contribution in [-0.2, 0) is 4.74 Å². The van der Waals surface area contributed by atoms with Crippen LogP contribution in [-0.4, -0.2) is 55.8 Å². The highest BCUT2D eigenvalue weighted by molar-refractivity contribution is 5.78. The fourth-order valence-electron chi connectivity index (χ4n) is 2.66. The first-order valence-corrected chi connectivity index (χ1v) is 8.95. The molecule has 26 heavy (non-hydrogen) atoms. The Balaban J connectivity index is 1.60. The monoisotopic (exact) mass is 366 g/mol. The van der Waals surface area contributed by atoms with E-state index in [1.807, 2.05) is 0 Å². The molecule has 0 spiro atoms. The summed E-state index contributed by atoms with van der Waals surface area (Å²) in [5.74, 6) is 0.755. The van der Waals surface area contributed by atoms with Crippen LogP contribution in [0, 0.1) is 5.82 Å². The van der Waals surface area contributed by atoms with Crippen LogP contribution < -0.4 is 15.8 Å². The van der Waals surface area contributed by atoms with Crippen LogP contribution in [0.2, 0.25) is 0 Å². The molecule has 1 amide bonds. The zero-order chi connectivity index (χ0) is 18.8. The lowest BCUT2D eigenvalue weighted by Gasteiger charge is -2.31. The molecule has 7 nitrogen and oxygen atoms in total. The predicted molar refractivity (Wildman–Crippen MR) is 97.8 cm³/mol. The Bertz CT molecular complexity index is 587. The molecule has 1 saturated heterocycles. The number of amides is 1. The molecule has 8 heteroatoms. The number of guanidine groups is 1. The summed E-state index contributed by atoms with van der Waals surface area (Å²) < 4.78 is 23.3. The SMILES string of the molecule is CCOC(=O)N1CCC(NC(N)=NCCCOc2ccc(F)cc2)CC1. The van der Waals surface area contributed by atoms with E-state index in [1.165, 1.54) is 12.1 Å². The molecule has 2 rings (SSSR count). The van der Waals surface area contributed by atoms with Gasteiger partial charge in [-0.3, -0.25) is 4.99 Å². The summed E-state index contributed by atoms with van der Waals surface area (Å²) in [6.07, 6.45) is 2.07. The van der Waals surface area contributed by atoms with Crippen molar-refractivity contribution in [2.24, 2.45) is 10.7 Å². The number of benzene rings is 1. The van der Waals surface area contributed by atoms with E-state index in [2.05, 4.69) is 10.3 Å². The normalized spacial score (nSPS) is 15.6. The van der Waals surface area contributed by atoms with E-state index >= 15 is 0 Å². The van der Waals surface area contributed by atoms with E-state index in [1.54, 1.807) is 24.0 Å². The average Bonchev–Trinajstić information content (AvgIpc) is 2.64. The lowest BCUT2D eigenvalue weighted by molar-refractivity contribution is 0.0963. The Labute approximate surface area is 153 Å². The number of nitrogens with one attached hydrogen (secondary N) is 1. The first-order valence-electron chi connectivity index (χ1n) is 8.95. The largest absolute Gasteiger partial charge is 0.494 e. The minimum absolute atomic E-state index is 0.208. The Morgan fingerprint density at radius 1 is 1.35 bits per heavy atom. The predicted octanol–water partition coefficient (Wildman–Crippen LogP) is 2.12. The van der Waals surface area contributed by atoms with Gasteiger partial charge in [0.1, 0.15) is 11.6 Å². The molecule has 144 valence electrons. The Kier molecular flexibility index (Phi) is 7.98. The summed E-state index contributed by atoms with van der Waals surface area (Å²) in [5, 5.41) is 3.19. The fraction of sp³-hybridized carbons (Fsp3) is 0.556. The number of nitrogens with zero attached hydrogens (tertiary/aromatic N) is 2. The van der Waals surface area contributed by atoms with Crippen molar-refractivity contribution >= 4 is 12.1 Å². The molecule has 1 aliphatic rings. The Morgan fingerprint density at radius 3 is 2.69 bits per heavy atom. The Hall–Kier alpha value is -2.51. The smallest absolute Gasteiger partial charge is 0.409 e. The number of carbonyl (C=O) groups is 1. The van der Waals surface area contributed by atoms with Gasteiger partial charge in [0.25, 0.3) is 0 Å². The van der Waals surface area contributed by atoms with Crippen LogP contribution in [0.4, 0.5) is 9.18 Å². The van der Waals surface area contributed by atoms with E-state index in [0.717, 1.165) is 12.8 Å². The minimum atomic E-state index is -0.283. The quantitative estimate of drug-likeness (QED) is 0.438. The number of ether oxygens (including phenoxy) is 2. The number of hydrogen-bond acceptors (Lipinski definition) is 4. The number of rotatable bonds is 7. The van der Waals surface area contributed by atoms with Crippen LogP contribution in [0.3, 0.4) is 0 Å². The maximum atomic E-state index is 12.8. The van der Waals surface area contributed by atoms with Crippen LogP contribution in [0.25, 0.3) is 0 Å². The zero-order valence-corrected chi connectivity index (χ0v) is 15.1. The van der Waals surface area contributed by atoms with Gasteiger partial charge in [-0.05, 0) is 44.0 Å². The van der Waals surface area contributed by atoms with Crippen molar-refractivity contribution in [1.29, 1.82) is 0 Å². The van der Waals surface area contributed by atoms with Crippen LogP contribution >= 0.6 is 0 Å². The number of piperidine rings is 1. The lowest BCUT2D eigenvalue weighted by atomic mass is 10.1. The topological polar surface area (TPSA) is 89.2 Å². The molecular weight excluding hydrogens is 339 g/mol. The number of likely N-dealkylation sites (tertiary alicyclic amines) is 1. The van der Waals surface area contributed by atoms with Crippen molar-refractivity contribution in [3.63, 3.8) is 0 Å². The summed E-state index contributed by atoms with van der Waals surface area (Å²) in [6, 6.07) is 6.12. The summed E-state index contributed by atoms with van der Waals surface area (Å²) in [4.78, 5) is 17.6. The van der Waals surface area contributed by atoms with Gasteiger partial charge in [-0.25, -0.2) is 9.18 Å². The van der Waals surface area contributed by atoms with Crippen molar-refractivity contribution in [2.45, 2.75) is 32.2 Å². The molecule has 1 heterocycles. The van der Waals surface area contributed by atoms with Crippen molar-refractivity contribution < 1.29 is 18.7 Å². The van der Waals surface area contributed by atoms with Gasteiger partial charge in [0.2, 0.25) is 0 Å². The minimum Gasteiger partial charge on any atom is -0.494 e. The highest BCUT2D eigenvalue weighted by atomic mass is 19.1. The molecule has 1 aromatic carbocycles. The molecule has 1 aliphatic heterocycles. The van der Waals surface area contributed by atoms with Gasteiger partial charge < -0.3 is 25.4 Å². The van der Waals surface area contributed by atoms with E-state index in [-0.39, 0.29) is 18.0 Å². The second kappa shape index (κ2) is 10.5. The molecule has 0 unspecified atom stereocenters. The van der Waals surface area contributed by atoms with Gasteiger partial charge in [-0.1, -0.05) is 0 Å². The second-order valence-corrected chi connectivity index (χ2v) is 6.03. The van der Waals surface area contributed by atoms with Crippen LogP contribution in [0.1, 0.15) is 26.2 Å². The van der Waals surface area contributed by atoms with Crippen molar-refractivity contribution in [1.82, 2.24) is 10.2 Å². The molecule has 0 aromatic heterocycles. The van der Waals surface area contributed by atoms with Crippen LogP contribution in [0.15, 0.2) is 29.3 Å².